The number of carbonyl (C=O) groups excluding carboxylic acids is 2. The van der Waals surface area contributed by atoms with Crippen LogP contribution in [0.3, 0.4) is 0 Å². The maximum absolute atomic E-state index is 13.1. The standard InChI is InChI=1S/C21H27N3O3/c1-3-24(4-2)20(26)21(13-9-6-10-14-21)22-19(25)18-15-17(23-27-18)16-11-7-5-8-12-16/h5,7-8,11-12,15H,3-4,6,9-10,13-14H2,1-2H3,(H,22,25). The lowest BCUT2D eigenvalue weighted by molar-refractivity contribution is -0.139. The van der Waals surface area contributed by atoms with E-state index in [1.54, 1.807) is 11.0 Å². The average Bonchev–Trinajstić information content (AvgIpc) is 3.21. The van der Waals surface area contributed by atoms with Gasteiger partial charge in [0.05, 0.1) is 0 Å². The molecule has 1 aliphatic carbocycles. The smallest absolute Gasteiger partial charge is 0.290 e. The monoisotopic (exact) mass is 369 g/mol. The van der Waals surface area contributed by atoms with Crippen LogP contribution in [0.2, 0.25) is 0 Å². The summed E-state index contributed by atoms with van der Waals surface area (Å²) in [6.45, 7) is 5.19. The highest BCUT2D eigenvalue weighted by atomic mass is 16.5. The van der Waals surface area contributed by atoms with Gasteiger partial charge in [-0.3, -0.25) is 9.59 Å². The van der Waals surface area contributed by atoms with E-state index >= 15 is 0 Å². The number of benzene rings is 1. The van der Waals surface area contributed by atoms with Gasteiger partial charge >= 0.3 is 0 Å². The van der Waals surface area contributed by atoms with Crippen molar-refractivity contribution >= 4 is 11.8 Å². The van der Waals surface area contributed by atoms with Crippen molar-refractivity contribution in [3.05, 3.63) is 42.2 Å². The highest BCUT2D eigenvalue weighted by molar-refractivity contribution is 5.98. The number of hydrogen-bond donors (Lipinski definition) is 1. The highest BCUT2D eigenvalue weighted by Gasteiger charge is 2.43. The first-order valence-corrected chi connectivity index (χ1v) is 9.73. The first-order valence-electron chi connectivity index (χ1n) is 9.73. The molecular formula is C21H27N3O3. The third-order valence-electron chi connectivity index (χ3n) is 5.32. The van der Waals surface area contributed by atoms with Crippen molar-refractivity contribution in [2.24, 2.45) is 0 Å². The molecule has 0 unspecified atom stereocenters. The van der Waals surface area contributed by atoms with Gasteiger partial charge in [-0.25, -0.2) is 0 Å². The van der Waals surface area contributed by atoms with E-state index in [9.17, 15) is 9.59 Å². The van der Waals surface area contributed by atoms with E-state index in [0.29, 0.717) is 31.6 Å². The maximum atomic E-state index is 13.1. The van der Waals surface area contributed by atoms with E-state index in [0.717, 1.165) is 24.8 Å². The summed E-state index contributed by atoms with van der Waals surface area (Å²) in [6, 6.07) is 11.2. The molecule has 6 heteroatoms. The molecular weight excluding hydrogens is 342 g/mol. The molecule has 0 bridgehead atoms. The van der Waals surface area contributed by atoms with E-state index in [1.165, 1.54) is 0 Å². The van der Waals surface area contributed by atoms with Gasteiger partial charge in [-0.15, -0.1) is 0 Å². The quantitative estimate of drug-likeness (QED) is 0.843. The van der Waals surface area contributed by atoms with Crippen LogP contribution in [-0.4, -0.2) is 40.5 Å². The van der Waals surface area contributed by atoms with Gasteiger partial charge in [0.25, 0.3) is 5.91 Å². The van der Waals surface area contributed by atoms with Crippen molar-refractivity contribution in [3.8, 4) is 11.3 Å². The summed E-state index contributed by atoms with van der Waals surface area (Å²) in [5.41, 5.74) is 0.640. The molecule has 3 rings (SSSR count). The van der Waals surface area contributed by atoms with Gasteiger partial charge in [0.15, 0.2) is 0 Å². The minimum atomic E-state index is -0.846. The van der Waals surface area contributed by atoms with Gasteiger partial charge in [0.1, 0.15) is 11.2 Å². The number of nitrogens with one attached hydrogen (secondary N) is 1. The molecule has 1 fully saturated rings. The Balaban J connectivity index is 1.81. The number of rotatable bonds is 6. The van der Waals surface area contributed by atoms with Gasteiger partial charge in [-0.05, 0) is 26.7 Å². The molecule has 1 aromatic carbocycles. The summed E-state index contributed by atoms with van der Waals surface area (Å²) >= 11 is 0. The van der Waals surface area contributed by atoms with Gasteiger partial charge in [0, 0.05) is 24.7 Å². The summed E-state index contributed by atoms with van der Waals surface area (Å²) in [5, 5.41) is 7.00. The molecule has 1 N–H and O–H groups in total. The Hall–Kier alpha value is -2.63. The molecule has 1 aliphatic rings. The zero-order valence-electron chi connectivity index (χ0n) is 16.0. The van der Waals surface area contributed by atoms with Crippen molar-refractivity contribution in [1.82, 2.24) is 15.4 Å². The number of nitrogens with zero attached hydrogens (tertiary/aromatic N) is 2. The molecule has 0 atom stereocenters. The zero-order valence-corrected chi connectivity index (χ0v) is 16.0. The lowest BCUT2D eigenvalue weighted by Gasteiger charge is -2.39. The first kappa shape index (κ1) is 19.1. The molecule has 0 spiro atoms. The van der Waals surface area contributed by atoms with Crippen LogP contribution in [0.1, 0.15) is 56.5 Å². The molecule has 1 heterocycles. The van der Waals surface area contributed by atoms with E-state index in [2.05, 4.69) is 10.5 Å². The van der Waals surface area contributed by atoms with Crippen molar-refractivity contribution in [1.29, 1.82) is 0 Å². The Bertz CT molecular complexity index is 775. The summed E-state index contributed by atoms with van der Waals surface area (Å²) in [5.74, 6) is -0.249. The predicted molar refractivity (Wildman–Crippen MR) is 103 cm³/mol. The third-order valence-corrected chi connectivity index (χ3v) is 5.32. The Morgan fingerprint density at radius 2 is 1.78 bits per heavy atom. The molecule has 0 radical (unpaired) electrons. The lowest BCUT2D eigenvalue weighted by atomic mass is 9.80. The molecule has 6 nitrogen and oxygen atoms in total. The van der Waals surface area contributed by atoms with E-state index in [1.807, 2.05) is 44.2 Å². The molecule has 0 aliphatic heterocycles. The SMILES string of the molecule is CCN(CC)C(=O)C1(NC(=O)c2cc(-c3ccccc3)no2)CCCCC1. The predicted octanol–water partition coefficient (Wildman–Crippen LogP) is 3.64. The lowest BCUT2D eigenvalue weighted by Crippen LogP contribution is -2.60. The Morgan fingerprint density at radius 3 is 2.41 bits per heavy atom. The van der Waals surface area contributed by atoms with Crippen molar-refractivity contribution in [2.45, 2.75) is 51.5 Å². The van der Waals surface area contributed by atoms with Gasteiger partial charge < -0.3 is 14.7 Å². The van der Waals surface area contributed by atoms with Crippen LogP contribution in [0.25, 0.3) is 11.3 Å². The topological polar surface area (TPSA) is 75.4 Å². The van der Waals surface area contributed by atoms with Crippen LogP contribution in [0.4, 0.5) is 0 Å². The van der Waals surface area contributed by atoms with Crippen LogP contribution in [0.15, 0.2) is 40.9 Å². The zero-order chi connectivity index (χ0) is 19.3. The van der Waals surface area contributed by atoms with Crippen molar-refractivity contribution in [3.63, 3.8) is 0 Å². The second kappa shape index (κ2) is 8.37. The Labute approximate surface area is 159 Å². The second-order valence-electron chi connectivity index (χ2n) is 7.02. The van der Waals surface area contributed by atoms with Gasteiger partial charge in [0.2, 0.25) is 11.7 Å². The van der Waals surface area contributed by atoms with Gasteiger partial charge in [-0.1, -0.05) is 54.8 Å². The van der Waals surface area contributed by atoms with Crippen molar-refractivity contribution in [2.75, 3.05) is 13.1 Å². The number of amides is 2. The summed E-state index contributed by atoms with van der Waals surface area (Å²) in [7, 11) is 0. The molecule has 2 aromatic rings. The fourth-order valence-corrected chi connectivity index (χ4v) is 3.77. The Kier molecular flexibility index (Phi) is 5.94. The minimum Gasteiger partial charge on any atom is -0.350 e. The largest absolute Gasteiger partial charge is 0.350 e. The molecule has 27 heavy (non-hydrogen) atoms. The van der Waals surface area contributed by atoms with E-state index in [4.69, 9.17) is 4.52 Å². The summed E-state index contributed by atoms with van der Waals surface area (Å²) in [4.78, 5) is 27.8. The summed E-state index contributed by atoms with van der Waals surface area (Å²) < 4.78 is 5.27. The maximum Gasteiger partial charge on any atom is 0.290 e. The number of carbonyl (C=O) groups is 2. The van der Waals surface area contributed by atoms with Crippen LogP contribution in [-0.2, 0) is 4.79 Å². The second-order valence-corrected chi connectivity index (χ2v) is 7.02. The minimum absolute atomic E-state index is 0.00310. The number of likely N-dealkylation sites (N-methyl/N-ethyl adjacent to an activating group) is 1. The molecule has 0 saturated heterocycles. The van der Waals surface area contributed by atoms with Crippen molar-refractivity contribution < 1.29 is 14.1 Å². The molecule has 144 valence electrons. The van der Waals surface area contributed by atoms with Crippen LogP contribution in [0.5, 0.6) is 0 Å². The number of aromatic nitrogens is 1. The first-order chi connectivity index (χ1) is 13.1. The summed E-state index contributed by atoms with van der Waals surface area (Å²) in [6.07, 6.45) is 4.27. The number of hydrogen-bond acceptors (Lipinski definition) is 4. The molecule has 2 amide bonds. The van der Waals surface area contributed by atoms with Crippen LogP contribution >= 0.6 is 0 Å². The molecule has 1 aromatic heterocycles. The normalized spacial score (nSPS) is 15.9. The fraction of sp³-hybridized carbons (Fsp3) is 0.476. The Morgan fingerprint density at radius 1 is 1.11 bits per heavy atom. The highest BCUT2D eigenvalue weighted by Crippen LogP contribution is 2.31. The van der Waals surface area contributed by atoms with E-state index < -0.39 is 5.54 Å². The van der Waals surface area contributed by atoms with Crippen LogP contribution < -0.4 is 5.32 Å². The van der Waals surface area contributed by atoms with Crippen LogP contribution in [0, 0.1) is 0 Å². The third kappa shape index (κ3) is 4.04. The molecule has 1 saturated carbocycles. The van der Waals surface area contributed by atoms with E-state index in [-0.39, 0.29) is 17.6 Å². The fourth-order valence-electron chi connectivity index (χ4n) is 3.77. The van der Waals surface area contributed by atoms with Gasteiger partial charge in [-0.2, -0.15) is 0 Å². The average molecular weight is 369 g/mol.